The highest BCUT2D eigenvalue weighted by Crippen LogP contribution is 2.29. The second-order valence-electron chi connectivity index (χ2n) is 6.16. The van der Waals surface area contributed by atoms with Gasteiger partial charge in [0.05, 0.1) is 6.10 Å². The van der Waals surface area contributed by atoms with Gasteiger partial charge in [-0.15, -0.1) is 0 Å². The van der Waals surface area contributed by atoms with E-state index in [2.05, 4.69) is 50.8 Å². The van der Waals surface area contributed by atoms with Gasteiger partial charge in [-0.2, -0.15) is 0 Å². The lowest BCUT2D eigenvalue weighted by Gasteiger charge is -2.46. The van der Waals surface area contributed by atoms with Crippen molar-refractivity contribution in [3.8, 4) is 0 Å². The molecule has 2 heteroatoms. The summed E-state index contributed by atoms with van der Waals surface area (Å²) in [4.78, 5) is 2.42. The van der Waals surface area contributed by atoms with Gasteiger partial charge in [0.15, 0.2) is 0 Å². The number of benzene rings is 1. The molecule has 18 heavy (non-hydrogen) atoms. The Morgan fingerprint density at radius 1 is 1.33 bits per heavy atom. The number of nitrogens with zero attached hydrogens (tertiary/aromatic N) is 1. The van der Waals surface area contributed by atoms with Gasteiger partial charge in [0.2, 0.25) is 0 Å². The van der Waals surface area contributed by atoms with Gasteiger partial charge in [-0.05, 0) is 58.2 Å². The molecule has 0 aromatic heterocycles. The normalized spacial score (nSPS) is 24.2. The van der Waals surface area contributed by atoms with Gasteiger partial charge in [0.25, 0.3) is 0 Å². The van der Waals surface area contributed by atoms with E-state index >= 15 is 0 Å². The zero-order valence-electron chi connectivity index (χ0n) is 12.0. The fraction of sp³-hybridized carbons (Fsp3) is 0.625. The summed E-state index contributed by atoms with van der Waals surface area (Å²) in [5.41, 5.74) is 3.93. The van der Waals surface area contributed by atoms with Crippen LogP contribution in [0.3, 0.4) is 0 Å². The Kier molecular flexibility index (Phi) is 3.79. The molecule has 1 aromatic rings. The Bertz CT molecular complexity index is 425. The van der Waals surface area contributed by atoms with Crippen LogP contribution in [-0.4, -0.2) is 28.2 Å². The van der Waals surface area contributed by atoms with Crippen molar-refractivity contribution in [2.75, 3.05) is 6.54 Å². The molecular formula is C16H25NO. The van der Waals surface area contributed by atoms with Crippen LogP contribution in [0.1, 0.15) is 43.4 Å². The number of likely N-dealkylation sites (tertiary alicyclic amines) is 1. The molecule has 1 N–H and O–H groups in total. The molecule has 0 spiro atoms. The number of piperidine rings is 1. The molecule has 2 rings (SSSR count). The Morgan fingerprint density at radius 2 is 2.06 bits per heavy atom. The van der Waals surface area contributed by atoms with Crippen LogP contribution in [0.4, 0.5) is 0 Å². The van der Waals surface area contributed by atoms with Gasteiger partial charge in [0.1, 0.15) is 0 Å². The molecular weight excluding hydrogens is 222 g/mol. The molecule has 100 valence electrons. The minimum Gasteiger partial charge on any atom is -0.391 e. The molecule has 1 atom stereocenters. The number of rotatable bonds is 2. The molecule has 1 saturated heterocycles. The molecule has 1 heterocycles. The summed E-state index contributed by atoms with van der Waals surface area (Å²) in [5, 5.41) is 10.2. The average Bonchev–Trinajstić information content (AvgIpc) is 2.28. The lowest BCUT2D eigenvalue weighted by Crippen LogP contribution is -2.55. The minimum absolute atomic E-state index is 0.115. The largest absolute Gasteiger partial charge is 0.391 e. The highest BCUT2D eigenvalue weighted by Gasteiger charge is 2.37. The maximum absolute atomic E-state index is 10.2. The first-order valence-electron chi connectivity index (χ1n) is 6.90. The van der Waals surface area contributed by atoms with Crippen molar-refractivity contribution in [3.05, 3.63) is 34.9 Å². The van der Waals surface area contributed by atoms with Gasteiger partial charge >= 0.3 is 0 Å². The van der Waals surface area contributed by atoms with Crippen LogP contribution in [0.25, 0.3) is 0 Å². The van der Waals surface area contributed by atoms with Crippen molar-refractivity contribution < 1.29 is 5.11 Å². The number of aliphatic hydroxyl groups excluding tert-OH is 1. The van der Waals surface area contributed by atoms with E-state index in [1.165, 1.54) is 16.7 Å². The first kappa shape index (κ1) is 13.6. The van der Waals surface area contributed by atoms with Crippen LogP contribution in [-0.2, 0) is 6.54 Å². The Balaban J connectivity index is 2.17. The number of hydrogen-bond donors (Lipinski definition) is 1. The van der Waals surface area contributed by atoms with E-state index in [0.29, 0.717) is 0 Å². The molecule has 0 amide bonds. The maximum Gasteiger partial charge on any atom is 0.0719 e. The molecule has 1 unspecified atom stereocenters. The minimum atomic E-state index is -0.211. The topological polar surface area (TPSA) is 23.5 Å². The first-order chi connectivity index (χ1) is 8.41. The Morgan fingerprint density at radius 3 is 2.72 bits per heavy atom. The molecule has 0 radical (unpaired) electrons. The van der Waals surface area contributed by atoms with E-state index in [9.17, 15) is 5.11 Å². The predicted molar refractivity (Wildman–Crippen MR) is 75.6 cm³/mol. The monoisotopic (exact) mass is 247 g/mol. The highest BCUT2D eigenvalue weighted by molar-refractivity contribution is 5.30. The molecule has 0 bridgehead atoms. The van der Waals surface area contributed by atoms with Crippen LogP contribution in [0.2, 0.25) is 0 Å². The van der Waals surface area contributed by atoms with Gasteiger partial charge in [-0.3, -0.25) is 4.90 Å². The van der Waals surface area contributed by atoms with E-state index in [1.54, 1.807) is 0 Å². The van der Waals surface area contributed by atoms with E-state index in [4.69, 9.17) is 0 Å². The van der Waals surface area contributed by atoms with Crippen LogP contribution in [0, 0.1) is 13.8 Å². The van der Waals surface area contributed by atoms with E-state index < -0.39 is 0 Å². The van der Waals surface area contributed by atoms with Crippen LogP contribution in [0.15, 0.2) is 18.2 Å². The predicted octanol–water partition coefficient (Wildman–Crippen LogP) is 3.04. The van der Waals surface area contributed by atoms with Gasteiger partial charge in [-0.25, -0.2) is 0 Å². The summed E-state index contributed by atoms with van der Waals surface area (Å²) < 4.78 is 0. The van der Waals surface area contributed by atoms with E-state index in [0.717, 1.165) is 25.9 Å². The van der Waals surface area contributed by atoms with Crippen molar-refractivity contribution in [2.24, 2.45) is 0 Å². The first-order valence-corrected chi connectivity index (χ1v) is 6.90. The summed E-state index contributed by atoms with van der Waals surface area (Å²) in [6.45, 7) is 10.6. The standard InChI is InChI=1S/C16H25NO/c1-12-7-8-14(13(2)10-12)11-17-9-5-6-15(18)16(17,3)4/h7-8,10,15,18H,5-6,9,11H2,1-4H3. The quantitative estimate of drug-likeness (QED) is 0.868. The second-order valence-corrected chi connectivity index (χ2v) is 6.16. The summed E-state index contributed by atoms with van der Waals surface area (Å²) in [5.74, 6) is 0. The van der Waals surface area contributed by atoms with Crippen LogP contribution in [0.5, 0.6) is 0 Å². The number of aliphatic hydroxyl groups is 1. The lowest BCUT2D eigenvalue weighted by molar-refractivity contribution is -0.0481. The SMILES string of the molecule is Cc1ccc(CN2CCCC(O)C2(C)C)c(C)c1. The van der Waals surface area contributed by atoms with Gasteiger partial charge < -0.3 is 5.11 Å². The third-order valence-corrected chi connectivity index (χ3v) is 4.40. The maximum atomic E-state index is 10.2. The molecule has 1 fully saturated rings. The molecule has 1 aliphatic heterocycles. The third-order valence-electron chi connectivity index (χ3n) is 4.40. The zero-order valence-corrected chi connectivity index (χ0v) is 12.0. The van der Waals surface area contributed by atoms with E-state index in [-0.39, 0.29) is 11.6 Å². The number of hydrogen-bond acceptors (Lipinski definition) is 2. The van der Waals surface area contributed by atoms with Crippen molar-refractivity contribution in [2.45, 2.75) is 58.7 Å². The fourth-order valence-corrected chi connectivity index (χ4v) is 2.84. The average molecular weight is 247 g/mol. The zero-order chi connectivity index (χ0) is 13.3. The summed E-state index contributed by atoms with van der Waals surface area (Å²) in [6.07, 6.45) is 1.81. The lowest BCUT2D eigenvalue weighted by atomic mass is 9.86. The smallest absolute Gasteiger partial charge is 0.0719 e. The van der Waals surface area contributed by atoms with Crippen LogP contribution < -0.4 is 0 Å². The van der Waals surface area contributed by atoms with Crippen molar-refractivity contribution in [1.82, 2.24) is 4.90 Å². The third kappa shape index (κ3) is 2.60. The van der Waals surface area contributed by atoms with Gasteiger partial charge in [-0.1, -0.05) is 23.8 Å². The fourth-order valence-electron chi connectivity index (χ4n) is 2.84. The Hall–Kier alpha value is -0.860. The molecule has 0 saturated carbocycles. The molecule has 1 aliphatic rings. The van der Waals surface area contributed by atoms with Crippen LogP contribution >= 0.6 is 0 Å². The summed E-state index contributed by atoms with van der Waals surface area (Å²) in [7, 11) is 0. The second kappa shape index (κ2) is 5.02. The van der Waals surface area contributed by atoms with E-state index in [1.807, 2.05) is 0 Å². The number of aryl methyl sites for hydroxylation is 2. The van der Waals surface area contributed by atoms with Crippen molar-refractivity contribution in [1.29, 1.82) is 0 Å². The summed E-state index contributed by atoms with van der Waals surface area (Å²) >= 11 is 0. The van der Waals surface area contributed by atoms with Crippen molar-refractivity contribution in [3.63, 3.8) is 0 Å². The summed E-state index contributed by atoms with van der Waals surface area (Å²) in [6, 6.07) is 6.64. The molecule has 2 nitrogen and oxygen atoms in total. The van der Waals surface area contributed by atoms with Gasteiger partial charge in [0, 0.05) is 12.1 Å². The highest BCUT2D eigenvalue weighted by atomic mass is 16.3. The van der Waals surface area contributed by atoms with Crippen molar-refractivity contribution >= 4 is 0 Å². The molecule has 0 aliphatic carbocycles. The molecule has 1 aromatic carbocycles. The Labute approximate surface area is 111 Å².